The van der Waals surface area contributed by atoms with Crippen LogP contribution < -0.4 is 5.32 Å². The fraction of sp³-hybridized carbons (Fsp3) is 0.688. The number of hydrogen-bond donors (Lipinski definition) is 1. The van der Waals surface area contributed by atoms with Crippen LogP contribution in [0.2, 0.25) is 0 Å². The van der Waals surface area contributed by atoms with E-state index in [-0.39, 0.29) is 6.09 Å². The van der Waals surface area contributed by atoms with E-state index >= 15 is 0 Å². The number of carbonyl (C=O) groups excluding carboxylic acids is 1. The summed E-state index contributed by atoms with van der Waals surface area (Å²) in [6, 6.07) is 2.38. The monoisotopic (exact) mass is 390 g/mol. The van der Waals surface area contributed by atoms with Gasteiger partial charge in [-0.25, -0.2) is 4.79 Å². The first kappa shape index (κ1) is 19.5. The minimum absolute atomic E-state index is 0.232. The Morgan fingerprint density at radius 3 is 2.68 bits per heavy atom. The summed E-state index contributed by atoms with van der Waals surface area (Å²) in [6.07, 6.45) is 0.671. The maximum atomic E-state index is 12.0. The van der Waals surface area contributed by atoms with E-state index in [0.717, 1.165) is 17.4 Å². The minimum atomic E-state index is -0.442. The Morgan fingerprint density at radius 2 is 2.18 bits per heavy atom. The topological polar surface area (TPSA) is 41.6 Å². The van der Waals surface area contributed by atoms with Crippen molar-refractivity contribution in [3.05, 3.63) is 20.8 Å². The first-order valence-corrected chi connectivity index (χ1v) is 9.36. The van der Waals surface area contributed by atoms with Crippen molar-refractivity contribution in [2.24, 2.45) is 0 Å². The van der Waals surface area contributed by atoms with Crippen molar-refractivity contribution in [3.8, 4) is 0 Å². The summed E-state index contributed by atoms with van der Waals surface area (Å²) in [6.45, 7) is 12.0. The van der Waals surface area contributed by atoms with Gasteiger partial charge in [0.15, 0.2) is 0 Å². The standard InChI is InChI=1S/C16H27BrN2O2S/c1-6-19(15(20)21-16(3,4)5)10-7-9-18-12(2)14-13(17)8-11-22-14/h8,11-12,18H,6-7,9-10H2,1-5H3. The normalized spacial score (nSPS) is 13.0. The van der Waals surface area contributed by atoms with Crippen LogP contribution in [0.25, 0.3) is 0 Å². The molecule has 0 fully saturated rings. The van der Waals surface area contributed by atoms with Crippen molar-refractivity contribution < 1.29 is 9.53 Å². The molecule has 0 radical (unpaired) electrons. The number of carbonyl (C=O) groups is 1. The molecule has 0 bridgehead atoms. The molecule has 0 aliphatic carbocycles. The Hall–Kier alpha value is -0.590. The molecule has 0 aliphatic heterocycles. The van der Waals surface area contributed by atoms with Crippen molar-refractivity contribution in [2.75, 3.05) is 19.6 Å². The third kappa shape index (κ3) is 6.67. The molecule has 1 rings (SSSR count). The zero-order chi connectivity index (χ0) is 16.8. The van der Waals surface area contributed by atoms with Gasteiger partial charge in [-0.1, -0.05) is 0 Å². The van der Waals surface area contributed by atoms with Crippen LogP contribution in [-0.4, -0.2) is 36.2 Å². The molecule has 1 aromatic heterocycles. The van der Waals surface area contributed by atoms with Gasteiger partial charge < -0.3 is 15.0 Å². The number of amides is 1. The quantitative estimate of drug-likeness (QED) is 0.679. The summed E-state index contributed by atoms with van der Waals surface area (Å²) in [4.78, 5) is 15.1. The highest BCUT2D eigenvalue weighted by molar-refractivity contribution is 9.10. The van der Waals surface area contributed by atoms with Crippen molar-refractivity contribution >= 4 is 33.4 Å². The van der Waals surface area contributed by atoms with Gasteiger partial charge in [-0.05, 0) is 75.0 Å². The number of halogens is 1. The molecule has 4 nitrogen and oxygen atoms in total. The van der Waals surface area contributed by atoms with Crippen LogP contribution in [0.5, 0.6) is 0 Å². The lowest BCUT2D eigenvalue weighted by Crippen LogP contribution is -2.38. The first-order valence-electron chi connectivity index (χ1n) is 7.68. The van der Waals surface area contributed by atoms with Gasteiger partial charge in [-0.15, -0.1) is 11.3 Å². The Bertz CT molecular complexity index is 471. The van der Waals surface area contributed by atoms with E-state index in [1.165, 1.54) is 4.88 Å². The summed E-state index contributed by atoms with van der Waals surface area (Å²) in [5.74, 6) is 0. The van der Waals surface area contributed by atoms with E-state index < -0.39 is 5.60 Å². The van der Waals surface area contributed by atoms with Gasteiger partial charge in [-0.3, -0.25) is 0 Å². The Balaban J connectivity index is 2.33. The van der Waals surface area contributed by atoms with E-state index in [9.17, 15) is 4.79 Å². The lowest BCUT2D eigenvalue weighted by molar-refractivity contribution is 0.0258. The van der Waals surface area contributed by atoms with Crippen LogP contribution in [0.4, 0.5) is 4.79 Å². The largest absolute Gasteiger partial charge is 0.444 e. The number of rotatable bonds is 7. The average molecular weight is 391 g/mol. The van der Waals surface area contributed by atoms with Gasteiger partial charge in [0.2, 0.25) is 0 Å². The smallest absolute Gasteiger partial charge is 0.410 e. The molecule has 0 spiro atoms. The molecule has 1 amide bonds. The summed E-state index contributed by atoms with van der Waals surface area (Å²) in [5.41, 5.74) is -0.442. The SMILES string of the molecule is CCN(CCCNC(C)c1sccc1Br)C(=O)OC(C)(C)C. The Morgan fingerprint density at radius 1 is 1.50 bits per heavy atom. The second-order valence-electron chi connectivity index (χ2n) is 6.22. The number of hydrogen-bond acceptors (Lipinski definition) is 4. The van der Waals surface area contributed by atoms with Crippen LogP contribution in [0.3, 0.4) is 0 Å². The molecular weight excluding hydrogens is 364 g/mol. The summed E-state index contributed by atoms with van der Waals surface area (Å²) in [7, 11) is 0. The maximum absolute atomic E-state index is 12.0. The molecule has 0 aliphatic rings. The van der Waals surface area contributed by atoms with Gasteiger partial charge in [-0.2, -0.15) is 0 Å². The average Bonchev–Trinajstić information content (AvgIpc) is 2.82. The zero-order valence-corrected chi connectivity index (χ0v) is 16.5. The van der Waals surface area contributed by atoms with Crippen LogP contribution in [0.1, 0.15) is 52.0 Å². The number of nitrogens with zero attached hydrogens (tertiary/aromatic N) is 1. The molecule has 1 heterocycles. The van der Waals surface area contributed by atoms with Gasteiger partial charge >= 0.3 is 6.09 Å². The fourth-order valence-electron chi connectivity index (χ4n) is 2.00. The number of thiophene rings is 1. The van der Waals surface area contributed by atoms with E-state index in [1.807, 2.05) is 27.7 Å². The lowest BCUT2D eigenvalue weighted by atomic mass is 10.2. The second kappa shape index (κ2) is 8.89. The summed E-state index contributed by atoms with van der Waals surface area (Å²) >= 11 is 5.30. The molecule has 1 N–H and O–H groups in total. The molecule has 1 atom stereocenters. The van der Waals surface area contributed by atoms with Crippen molar-refractivity contribution in [1.29, 1.82) is 0 Å². The first-order chi connectivity index (χ1) is 10.2. The molecule has 0 aromatic carbocycles. The molecule has 0 saturated heterocycles. The van der Waals surface area contributed by atoms with E-state index in [4.69, 9.17) is 4.74 Å². The van der Waals surface area contributed by atoms with E-state index in [1.54, 1.807) is 16.2 Å². The van der Waals surface area contributed by atoms with E-state index in [0.29, 0.717) is 19.1 Å². The zero-order valence-electron chi connectivity index (χ0n) is 14.1. The molecular formula is C16H27BrN2O2S. The van der Waals surface area contributed by atoms with Crippen molar-refractivity contribution in [2.45, 2.75) is 52.7 Å². The van der Waals surface area contributed by atoms with Crippen molar-refractivity contribution in [1.82, 2.24) is 10.2 Å². The molecule has 1 unspecified atom stereocenters. The van der Waals surface area contributed by atoms with Crippen molar-refractivity contribution in [3.63, 3.8) is 0 Å². The van der Waals surface area contributed by atoms with Crippen LogP contribution in [0, 0.1) is 0 Å². The highest BCUT2D eigenvalue weighted by atomic mass is 79.9. The van der Waals surface area contributed by atoms with E-state index in [2.05, 4.69) is 39.6 Å². The van der Waals surface area contributed by atoms with Crippen LogP contribution >= 0.6 is 27.3 Å². The third-order valence-corrected chi connectivity index (χ3v) is 5.18. The predicted octanol–water partition coefficient (Wildman–Crippen LogP) is 4.81. The Labute approximate surface area is 146 Å². The minimum Gasteiger partial charge on any atom is -0.444 e. The van der Waals surface area contributed by atoms with Gasteiger partial charge in [0.1, 0.15) is 5.60 Å². The maximum Gasteiger partial charge on any atom is 0.410 e. The molecule has 1 aromatic rings. The third-order valence-electron chi connectivity index (χ3n) is 3.13. The molecule has 6 heteroatoms. The number of nitrogens with one attached hydrogen (secondary N) is 1. The fourth-order valence-corrected chi connectivity index (χ4v) is 3.75. The molecule has 126 valence electrons. The van der Waals surface area contributed by atoms with Crippen LogP contribution in [-0.2, 0) is 4.74 Å². The van der Waals surface area contributed by atoms with Gasteiger partial charge in [0.05, 0.1) is 0 Å². The molecule has 22 heavy (non-hydrogen) atoms. The van der Waals surface area contributed by atoms with Gasteiger partial charge in [0, 0.05) is 28.5 Å². The number of ether oxygens (including phenoxy) is 1. The van der Waals surface area contributed by atoms with Gasteiger partial charge in [0.25, 0.3) is 0 Å². The summed E-state index contributed by atoms with van der Waals surface area (Å²) < 4.78 is 6.56. The predicted molar refractivity (Wildman–Crippen MR) is 96.5 cm³/mol. The highest BCUT2D eigenvalue weighted by Gasteiger charge is 2.20. The second-order valence-corrected chi connectivity index (χ2v) is 8.02. The lowest BCUT2D eigenvalue weighted by Gasteiger charge is -2.26. The highest BCUT2D eigenvalue weighted by Crippen LogP contribution is 2.28. The summed E-state index contributed by atoms with van der Waals surface area (Å²) in [5, 5.41) is 5.58. The van der Waals surface area contributed by atoms with Crippen LogP contribution in [0.15, 0.2) is 15.9 Å². The molecule has 0 saturated carbocycles. The Kier molecular flexibility index (Phi) is 7.86.